The van der Waals surface area contributed by atoms with Gasteiger partial charge >= 0.3 is 5.97 Å². The van der Waals surface area contributed by atoms with Gasteiger partial charge in [0.05, 0.1) is 13.2 Å². The van der Waals surface area contributed by atoms with E-state index in [9.17, 15) is 4.79 Å². The van der Waals surface area contributed by atoms with Gasteiger partial charge in [-0.05, 0) is 13.0 Å². The number of ether oxygens (including phenoxy) is 2. The Kier molecular flexibility index (Phi) is 2.21. The van der Waals surface area contributed by atoms with Crippen molar-refractivity contribution in [3.63, 3.8) is 0 Å². The highest BCUT2D eigenvalue weighted by atomic mass is 16.6. The average molecular weight is 193 g/mol. The third-order valence-corrected chi connectivity index (χ3v) is 2.22. The van der Waals surface area contributed by atoms with Crippen molar-refractivity contribution in [2.75, 3.05) is 7.11 Å². The van der Waals surface area contributed by atoms with E-state index in [4.69, 9.17) is 4.74 Å². The number of carbonyl (C=O) groups excluding carboxylic acids is 1. The summed E-state index contributed by atoms with van der Waals surface area (Å²) in [6.07, 6.45) is 2.07. The fraction of sp³-hybridized carbons (Fsp3) is 0.400. The van der Waals surface area contributed by atoms with E-state index in [0.29, 0.717) is 5.69 Å². The first-order chi connectivity index (χ1) is 6.72. The maximum Gasteiger partial charge on any atom is 0.356 e. The van der Waals surface area contributed by atoms with Crippen LogP contribution < -0.4 is 0 Å². The van der Waals surface area contributed by atoms with E-state index in [1.807, 2.05) is 13.0 Å². The summed E-state index contributed by atoms with van der Waals surface area (Å²) in [5.74, 6) is -0.415. The maximum atomic E-state index is 11.1. The van der Waals surface area contributed by atoms with Crippen LogP contribution in [0.4, 0.5) is 0 Å². The topological polar surface area (TPSA) is 51.7 Å². The molecule has 2 atom stereocenters. The lowest BCUT2D eigenvalue weighted by atomic mass is 10.1. The minimum atomic E-state index is -0.415. The standard InChI is InChI=1S/C10H11NO3/c1-6-9(14-6)7-3-4-8(11-5-7)10(12)13-2/h3-6,9H,1-2H3/t6-,9+/m0/s1. The molecule has 74 valence electrons. The number of esters is 1. The summed E-state index contributed by atoms with van der Waals surface area (Å²) in [7, 11) is 1.34. The summed E-state index contributed by atoms with van der Waals surface area (Å²) in [5, 5.41) is 0. The Balaban J connectivity index is 2.14. The number of pyridine rings is 1. The van der Waals surface area contributed by atoms with Crippen molar-refractivity contribution < 1.29 is 14.3 Å². The van der Waals surface area contributed by atoms with E-state index >= 15 is 0 Å². The molecule has 1 aliphatic rings. The molecular weight excluding hydrogens is 182 g/mol. The summed E-state index contributed by atoms with van der Waals surface area (Å²) in [6, 6.07) is 3.49. The quantitative estimate of drug-likeness (QED) is 0.525. The van der Waals surface area contributed by atoms with Gasteiger partial charge < -0.3 is 9.47 Å². The second-order valence-corrected chi connectivity index (χ2v) is 3.23. The third-order valence-electron chi connectivity index (χ3n) is 2.22. The fourth-order valence-corrected chi connectivity index (χ4v) is 1.33. The molecule has 0 spiro atoms. The highest BCUT2D eigenvalue weighted by Crippen LogP contribution is 2.37. The summed E-state index contributed by atoms with van der Waals surface area (Å²) >= 11 is 0. The minimum Gasteiger partial charge on any atom is -0.464 e. The molecule has 0 aromatic carbocycles. The summed E-state index contributed by atoms with van der Waals surface area (Å²) in [5.41, 5.74) is 1.33. The fourth-order valence-electron chi connectivity index (χ4n) is 1.33. The predicted octanol–water partition coefficient (Wildman–Crippen LogP) is 1.33. The van der Waals surface area contributed by atoms with Crippen LogP contribution in [0.2, 0.25) is 0 Å². The zero-order valence-corrected chi connectivity index (χ0v) is 8.06. The Bertz CT molecular complexity index is 347. The normalized spacial score (nSPS) is 24.4. The molecule has 14 heavy (non-hydrogen) atoms. The summed E-state index contributed by atoms with van der Waals surface area (Å²) in [6.45, 7) is 2.00. The third kappa shape index (κ3) is 1.61. The molecule has 2 heterocycles. The van der Waals surface area contributed by atoms with Crippen LogP contribution in [-0.2, 0) is 9.47 Å². The van der Waals surface area contributed by atoms with Gasteiger partial charge in [0.25, 0.3) is 0 Å². The first-order valence-corrected chi connectivity index (χ1v) is 4.42. The van der Waals surface area contributed by atoms with Crippen molar-refractivity contribution >= 4 is 5.97 Å². The van der Waals surface area contributed by atoms with E-state index in [1.165, 1.54) is 7.11 Å². The van der Waals surface area contributed by atoms with Gasteiger partial charge in [-0.15, -0.1) is 0 Å². The molecule has 1 aromatic heterocycles. The zero-order valence-electron chi connectivity index (χ0n) is 8.06. The van der Waals surface area contributed by atoms with Crippen molar-refractivity contribution in [3.05, 3.63) is 29.6 Å². The number of rotatable bonds is 2. The molecule has 1 aliphatic heterocycles. The number of hydrogen-bond donors (Lipinski definition) is 0. The van der Waals surface area contributed by atoms with Crippen LogP contribution in [0.5, 0.6) is 0 Å². The van der Waals surface area contributed by atoms with E-state index in [-0.39, 0.29) is 12.2 Å². The molecule has 2 rings (SSSR count). The van der Waals surface area contributed by atoms with Crippen LogP contribution in [0.1, 0.15) is 29.1 Å². The Morgan fingerprint density at radius 1 is 1.57 bits per heavy atom. The van der Waals surface area contributed by atoms with Crippen LogP contribution in [0, 0.1) is 0 Å². The van der Waals surface area contributed by atoms with Gasteiger partial charge in [-0.25, -0.2) is 9.78 Å². The highest BCUT2D eigenvalue weighted by Gasteiger charge is 2.35. The van der Waals surface area contributed by atoms with Crippen molar-refractivity contribution in [1.82, 2.24) is 4.98 Å². The number of epoxide rings is 1. The van der Waals surface area contributed by atoms with Crippen molar-refractivity contribution in [2.45, 2.75) is 19.1 Å². The van der Waals surface area contributed by atoms with Crippen LogP contribution in [0.3, 0.4) is 0 Å². The number of hydrogen-bond acceptors (Lipinski definition) is 4. The minimum absolute atomic E-state index is 0.147. The molecule has 1 aromatic rings. The lowest BCUT2D eigenvalue weighted by Gasteiger charge is -1.98. The molecule has 4 heteroatoms. The van der Waals surface area contributed by atoms with Crippen molar-refractivity contribution in [2.24, 2.45) is 0 Å². The molecule has 0 radical (unpaired) electrons. The van der Waals surface area contributed by atoms with Gasteiger partial charge in [-0.1, -0.05) is 6.07 Å². The Labute approximate surface area is 81.9 Å². The highest BCUT2D eigenvalue weighted by molar-refractivity contribution is 5.86. The average Bonchev–Trinajstić information content (AvgIpc) is 2.95. The summed E-state index contributed by atoms with van der Waals surface area (Å²) in [4.78, 5) is 15.0. The molecule has 0 N–H and O–H groups in total. The number of carbonyl (C=O) groups is 1. The lowest BCUT2D eigenvalue weighted by Crippen LogP contribution is -2.04. The number of aromatic nitrogens is 1. The molecular formula is C10H11NO3. The second kappa shape index (κ2) is 3.38. The van der Waals surface area contributed by atoms with Crippen LogP contribution in [0.15, 0.2) is 18.3 Å². The second-order valence-electron chi connectivity index (χ2n) is 3.23. The van der Waals surface area contributed by atoms with Gasteiger partial charge in [0, 0.05) is 11.8 Å². The van der Waals surface area contributed by atoms with E-state index in [0.717, 1.165) is 5.56 Å². The Morgan fingerprint density at radius 2 is 2.29 bits per heavy atom. The molecule has 0 amide bonds. The van der Waals surface area contributed by atoms with E-state index < -0.39 is 5.97 Å². The lowest BCUT2D eigenvalue weighted by molar-refractivity contribution is 0.0594. The summed E-state index contributed by atoms with van der Waals surface area (Å²) < 4.78 is 9.81. The first-order valence-electron chi connectivity index (χ1n) is 4.42. The molecule has 4 nitrogen and oxygen atoms in total. The SMILES string of the molecule is COC(=O)c1ccc([C@@H]2O[C@H]2C)cn1. The van der Waals surface area contributed by atoms with Gasteiger partial charge in [0.2, 0.25) is 0 Å². The van der Waals surface area contributed by atoms with Gasteiger partial charge in [0.15, 0.2) is 0 Å². The van der Waals surface area contributed by atoms with E-state index in [2.05, 4.69) is 9.72 Å². The van der Waals surface area contributed by atoms with Crippen molar-refractivity contribution in [1.29, 1.82) is 0 Å². The Hall–Kier alpha value is -1.42. The van der Waals surface area contributed by atoms with Gasteiger partial charge in [-0.3, -0.25) is 0 Å². The van der Waals surface area contributed by atoms with Gasteiger partial charge in [-0.2, -0.15) is 0 Å². The molecule has 0 aliphatic carbocycles. The smallest absolute Gasteiger partial charge is 0.356 e. The van der Waals surface area contributed by atoms with Crippen LogP contribution in [-0.4, -0.2) is 24.2 Å². The van der Waals surface area contributed by atoms with E-state index in [1.54, 1.807) is 12.3 Å². The predicted molar refractivity (Wildman–Crippen MR) is 48.9 cm³/mol. The first kappa shape index (κ1) is 9.15. The zero-order chi connectivity index (χ0) is 10.1. The maximum absolute atomic E-state index is 11.1. The molecule has 1 saturated heterocycles. The molecule has 0 saturated carbocycles. The monoisotopic (exact) mass is 193 g/mol. The molecule has 0 unspecified atom stereocenters. The molecule has 0 bridgehead atoms. The van der Waals surface area contributed by atoms with Crippen LogP contribution in [0.25, 0.3) is 0 Å². The van der Waals surface area contributed by atoms with Crippen molar-refractivity contribution in [3.8, 4) is 0 Å². The molecule has 1 fully saturated rings. The number of nitrogens with zero attached hydrogens (tertiary/aromatic N) is 1. The number of methoxy groups -OCH3 is 1. The van der Waals surface area contributed by atoms with Gasteiger partial charge in [0.1, 0.15) is 11.8 Å². The largest absolute Gasteiger partial charge is 0.464 e. The van der Waals surface area contributed by atoms with Crippen LogP contribution >= 0.6 is 0 Å². The Morgan fingerprint density at radius 3 is 2.71 bits per heavy atom.